The van der Waals surface area contributed by atoms with Crippen LogP contribution < -0.4 is 5.59 Å². The Morgan fingerprint density at radius 2 is 1.79 bits per heavy atom. The maximum Gasteiger partial charge on any atom is 0.516 e. The van der Waals surface area contributed by atoms with Gasteiger partial charge >= 0.3 is 13.2 Å². The highest BCUT2D eigenvalue weighted by Gasteiger charge is 2.52. The quantitative estimate of drug-likeness (QED) is 0.707. The molecule has 2 atom stereocenters. The molecule has 1 aromatic heterocycles. The average Bonchev–Trinajstić information content (AvgIpc) is 2.81. The van der Waals surface area contributed by atoms with Gasteiger partial charge in [0.05, 0.1) is 22.5 Å². The Morgan fingerprint density at radius 3 is 2.28 bits per heavy atom. The number of aromatic nitrogens is 2. The molecule has 2 aliphatic heterocycles. The summed E-state index contributed by atoms with van der Waals surface area (Å²) in [5, 5.41) is 0. The first kappa shape index (κ1) is 22.0. The van der Waals surface area contributed by atoms with Crippen molar-refractivity contribution in [2.45, 2.75) is 84.5 Å². The van der Waals surface area contributed by atoms with Crippen molar-refractivity contribution in [1.29, 1.82) is 0 Å². The van der Waals surface area contributed by atoms with E-state index in [9.17, 15) is 4.79 Å². The number of hydrogen-bond donors (Lipinski definition) is 0. The number of carbonyl (C=O) groups is 1. The summed E-state index contributed by atoms with van der Waals surface area (Å²) in [6.45, 7) is 17.2. The molecule has 8 heteroatoms. The number of hydrogen-bond acceptors (Lipinski definition) is 6. The molecule has 2 saturated heterocycles. The SMILES string of the molecule is CC1CN(C(=O)OC(C)(C)C)CCC1c1cnc(B2OC(C)(C)C(C)(C)O2)cn1. The standard InChI is InChI=1S/C21H34BN3O4/c1-14-13-25(18(26)27-19(2,3)4)10-9-15(14)16-11-24-17(12-23-16)22-28-20(5,6)21(7,8)29-22/h11-12,14-15H,9-10,13H2,1-8H3. The van der Waals surface area contributed by atoms with Crippen molar-refractivity contribution in [3.8, 4) is 0 Å². The molecular formula is C21H34BN3O4. The molecule has 0 aliphatic carbocycles. The lowest BCUT2D eigenvalue weighted by molar-refractivity contribution is 0.00578. The van der Waals surface area contributed by atoms with Gasteiger partial charge in [-0.3, -0.25) is 9.97 Å². The van der Waals surface area contributed by atoms with E-state index in [0.29, 0.717) is 18.7 Å². The van der Waals surface area contributed by atoms with Gasteiger partial charge in [-0.05, 0) is 60.8 Å². The van der Waals surface area contributed by atoms with Crippen LogP contribution in [0.4, 0.5) is 4.79 Å². The van der Waals surface area contributed by atoms with Gasteiger partial charge in [0.1, 0.15) is 5.60 Å². The van der Waals surface area contributed by atoms with Crippen molar-refractivity contribution in [3.05, 3.63) is 18.1 Å². The van der Waals surface area contributed by atoms with Crippen LogP contribution in [0.3, 0.4) is 0 Å². The van der Waals surface area contributed by atoms with Gasteiger partial charge in [-0.1, -0.05) is 6.92 Å². The van der Waals surface area contributed by atoms with Crippen LogP contribution in [0.25, 0.3) is 0 Å². The van der Waals surface area contributed by atoms with Crippen molar-refractivity contribution in [3.63, 3.8) is 0 Å². The summed E-state index contributed by atoms with van der Waals surface area (Å²) < 4.78 is 17.6. The first-order valence-corrected chi connectivity index (χ1v) is 10.4. The maximum absolute atomic E-state index is 12.3. The fourth-order valence-corrected chi connectivity index (χ4v) is 3.70. The van der Waals surface area contributed by atoms with Gasteiger partial charge < -0.3 is 18.9 Å². The Kier molecular flexibility index (Phi) is 5.73. The van der Waals surface area contributed by atoms with E-state index in [4.69, 9.17) is 14.0 Å². The second kappa shape index (κ2) is 7.54. The number of piperidine rings is 1. The summed E-state index contributed by atoms with van der Waals surface area (Å²) in [5.41, 5.74) is 0.349. The molecule has 3 rings (SSSR count). The summed E-state index contributed by atoms with van der Waals surface area (Å²) in [4.78, 5) is 23.4. The van der Waals surface area contributed by atoms with Gasteiger partial charge in [0.25, 0.3) is 0 Å². The number of likely N-dealkylation sites (tertiary alicyclic amines) is 1. The molecule has 2 aliphatic rings. The molecule has 1 amide bonds. The largest absolute Gasteiger partial charge is 0.516 e. The second-order valence-corrected chi connectivity index (χ2v) is 10.3. The lowest BCUT2D eigenvalue weighted by atomic mass is 9.83. The maximum atomic E-state index is 12.3. The molecule has 0 radical (unpaired) electrons. The lowest BCUT2D eigenvalue weighted by Crippen LogP contribution is -2.44. The molecule has 0 N–H and O–H groups in total. The molecule has 0 bridgehead atoms. The molecule has 0 saturated carbocycles. The zero-order chi connectivity index (χ0) is 21.6. The third-order valence-corrected chi connectivity index (χ3v) is 6.12. The third-order valence-electron chi connectivity index (χ3n) is 6.12. The smallest absolute Gasteiger partial charge is 0.444 e. The van der Waals surface area contributed by atoms with Crippen LogP contribution in [-0.4, -0.2) is 58.0 Å². The van der Waals surface area contributed by atoms with Crippen molar-refractivity contribution in [2.24, 2.45) is 5.92 Å². The molecule has 0 spiro atoms. The molecule has 1 aromatic rings. The monoisotopic (exact) mass is 403 g/mol. The number of carbonyl (C=O) groups excluding carboxylic acids is 1. The highest BCUT2D eigenvalue weighted by molar-refractivity contribution is 6.61. The second-order valence-electron chi connectivity index (χ2n) is 10.3. The normalized spacial score (nSPS) is 26.5. The van der Waals surface area contributed by atoms with Crippen LogP contribution in [-0.2, 0) is 14.0 Å². The minimum absolute atomic E-state index is 0.245. The van der Waals surface area contributed by atoms with Crippen LogP contribution in [0.1, 0.15) is 73.4 Å². The van der Waals surface area contributed by atoms with Crippen LogP contribution in [0.2, 0.25) is 0 Å². The molecule has 2 unspecified atom stereocenters. The van der Waals surface area contributed by atoms with Crippen LogP contribution in [0.5, 0.6) is 0 Å². The van der Waals surface area contributed by atoms with Gasteiger partial charge in [-0.15, -0.1) is 0 Å². The number of rotatable bonds is 2. The summed E-state index contributed by atoms with van der Waals surface area (Å²) >= 11 is 0. The lowest BCUT2D eigenvalue weighted by Gasteiger charge is -2.37. The van der Waals surface area contributed by atoms with E-state index in [1.54, 1.807) is 11.1 Å². The molecule has 160 valence electrons. The number of amides is 1. The number of nitrogens with zero attached hydrogens (tertiary/aromatic N) is 3. The first-order valence-electron chi connectivity index (χ1n) is 10.4. The minimum Gasteiger partial charge on any atom is -0.444 e. The van der Waals surface area contributed by atoms with Crippen molar-refractivity contribution >= 4 is 18.8 Å². The summed E-state index contributed by atoms with van der Waals surface area (Å²) in [6, 6.07) is 0. The Morgan fingerprint density at radius 1 is 1.17 bits per heavy atom. The summed E-state index contributed by atoms with van der Waals surface area (Å²) in [6.07, 6.45) is 4.17. The van der Waals surface area contributed by atoms with Crippen LogP contribution >= 0.6 is 0 Å². The van der Waals surface area contributed by atoms with E-state index in [1.807, 2.05) is 54.7 Å². The molecule has 0 aromatic carbocycles. The van der Waals surface area contributed by atoms with E-state index < -0.39 is 23.9 Å². The molecule has 2 fully saturated rings. The van der Waals surface area contributed by atoms with Gasteiger partial charge in [0.15, 0.2) is 0 Å². The Hall–Kier alpha value is -1.67. The minimum atomic E-state index is -0.506. The fourth-order valence-electron chi connectivity index (χ4n) is 3.70. The van der Waals surface area contributed by atoms with Crippen LogP contribution in [0.15, 0.2) is 12.4 Å². The average molecular weight is 403 g/mol. The topological polar surface area (TPSA) is 73.8 Å². The van der Waals surface area contributed by atoms with Crippen molar-refractivity contribution < 1.29 is 18.8 Å². The molecule has 3 heterocycles. The van der Waals surface area contributed by atoms with E-state index in [-0.39, 0.29) is 17.9 Å². The Balaban J connectivity index is 1.63. The van der Waals surface area contributed by atoms with Crippen molar-refractivity contribution in [1.82, 2.24) is 14.9 Å². The van der Waals surface area contributed by atoms with E-state index in [2.05, 4.69) is 16.9 Å². The molecule has 29 heavy (non-hydrogen) atoms. The van der Waals surface area contributed by atoms with Gasteiger partial charge in [-0.2, -0.15) is 0 Å². The predicted molar refractivity (Wildman–Crippen MR) is 112 cm³/mol. The zero-order valence-corrected chi connectivity index (χ0v) is 19.0. The van der Waals surface area contributed by atoms with Crippen molar-refractivity contribution in [2.75, 3.05) is 13.1 Å². The number of ether oxygens (including phenoxy) is 1. The zero-order valence-electron chi connectivity index (χ0n) is 19.0. The van der Waals surface area contributed by atoms with Gasteiger partial charge in [0, 0.05) is 31.4 Å². The van der Waals surface area contributed by atoms with E-state index in [0.717, 1.165) is 12.1 Å². The summed E-state index contributed by atoms with van der Waals surface area (Å²) in [5.74, 6) is 0.529. The molecule has 7 nitrogen and oxygen atoms in total. The van der Waals surface area contributed by atoms with E-state index >= 15 is 0 Å². The van der Waals surface area contributed by atoms with Gasteiger partial charge in [-0.25, -0.2) is 4.79 Å². The van der Waals surface area contributed by atoms with E-state index in [1.165, 1.54) is 0 Å². The van der Waals surface area contributed by atoms with Crippen LogP contribution in [0, 0.1) is 5.92 Å². The summed E-state index contributed by atoms with van der Waals surface area (Å²) in [7, 11) is -0.506. The predicted octanol–water partition coefficient (Wildman–Crippen LogP) is 3.14. The third kappa shape index (κ3) is 4.74. The Bertz CT molecular complexity index is 729. The fraction of sp³-hybridized carbons (Fsp3) is 0.762. The Labute approximate surface area is 174 Å². The molecular weight excluding hydrogens is 369 g/mol. The highest BCUT2D eigenvalue weighted by Crippen LogP contribution is 2.36. The highest BCUT2D eigenvalue weighted by atomic mass is 16.7. The van der Waals surface area contributed by atoms with Gasteiger partial charge in [0.2, 0.25) is 0 Å². The first-order chi connectivity index (χ1) is 13.3.